The third-order valence-electron chi connectivity index (χ3n) is 6.59. The van der Waals surface area contributed by atoms with E-state index in [2.05, 4.69) is 166 Å². The van der Waals surface area contributed by atoms with Crippen LogP contribution in [0.1, 0.15) is 38.9 Å². The zero-order valence-corrected chi connectivity index (χ0v) is 33.7. The molecule has 0 atom stereocenters. The first-order valence-corrected chi connectivity index (χ1v) is 17.0. The van der Waals surface area contributed by atoms with E-state index in [-0.39, 0.29) is 24.8 Å². The molecule has 3 heterocycles. The van der Waals surface area contributed by atoms with E-state index in [1.165, 1.54) is 50.3 Å². The van der Waals surface area contributed by atoms with Gasteiger partial charge in [0, 0.05) is 45.1 Å². The van der Waals surface area contributed by atoms with Gasteiger partial charge in [0.15, 0.2) is 0 Å². The molecule has 249 valence electrons. The average Bonchev–Trinajstić information content (AvgIpc) is 3.47. The molecule has 2 aromatic heterocycles. The van der Waals surface area contributed by atoms with Gasteiger partial charge in [-0.25, -0.2) is 0 Å². The Morgan fingerprint density at radius 3 is 1.23 bits per heavy atom. The summed E-state index contributed by atoms with van der Waals surface area (Å²) < 4.78 is 4.06. The number of hydrogen-bond donors (Lipinski definition) is 0. The quantitative estimate of drug-likeness (QED) is 0.197. The van der Waals surface area contributed by atoms with Gasteiger partial charge in [-0.3, -0.25) is 9.97 Å². The molecule has 4 nitrogen and oxygen atoms in total. The molecule has 0 saturated heterocycles. The predicted molar refractivity (Wildman–Crippen MR) is 195 cm³/mol. The van der Waals surface area contributed by atoms with E-state index in [0.29, 0.717) is 0 Å². The van der Waals surface area contributed by atoms with Gasteiger partial charge in [0.2, 0.25) is 0 Å². The molecular weight excluding hydrogens is 844 g/mol. The molecule has 6 rings (SSSR count). The molecule has 5 aromatic rings. The van der Waals surface area contributed by atoms with Crippen LogP contribution in [0.25, 0.3) is 0 Å². The Labute approximate surface area is 320 Å². The van der Waals surface area contributed by atoms with Gasteiger partial charge in [-0.15, -0.1) is 6.67 Å². The number of rotatable bonds is 3. The maximum absolute atomic E-state index is 3.84. The number of pyridine rings is 2. The molecule has 0 aliphatic carbocycles. The molecule has 9 heteroatoms. The van der Waals surface area contributed by atoms with E-state index in [4.69, 9.17) is 0 Å². The predicted octanol–water partition coefficient (Wildman–Crippen LogP) is 4.53. The van der Waals surface area contributed by atoms with Gasteiger partial charge in [0.1, 0.15) is 0 Å². The fourth-order valence-corrected chi connectivity index (χ4v) is 5.86. The average molecular weight is 884 g/mol. The second-order valence-electron chi connectivity index (χ2n) is 10.6. The van der Waals surface area contributed by atoms with Crippen molar-refractivity contribution in [2.45, 2.75) is 41.5 Å². The Morgan fingerprint density at radius 1 is 0.596 bits per heavy atom. The topological polar surface area (TPSA) is 32.3 Å². The van der Waals surface area contributed by atoms with Crippen molar-refractivity contribution >= 4 is 47.8 Å². The molecule has 47 heavy (non-hydrogen) atoms. The van der Waals surface area contributed by atoms with E-state index in [0.717, 1.165) is 8.95 Å². The van der Waals surface area contributed by atoms with Crippen LogP contribution in [0, 0.1) is 48.2 Å². The van der Waals surface area contributed by atoms with Crippen molar-refractivity contribution in [2.75, 3.05) is 9.80 Å². The summed E-state index contributed by atoms with van der Waals surface area (Å²) in [4.78, 5) is 12.1. The zero-order valence-electron chi connectivity index (χ0n) is 27.3. The Hall–Kier alpha value is -2.67. The normalized spacial score (nSPS) is 10.9. The third-order valence-corrected chi connectivity index (χ3v) is 8.11. The minimum atomic E-state index is 0. The summed E-state index contributed by atoms with van der Waals surface area (Å²) >= 11 is 8.98. The van der Waals surface area contributed by atoms with Crippen LogP contribution in [0.3, 0.4) is 0 Å². The van der Waals surface area contributed by atoms with E-state index in [1.54, 1.807) is 24.8 Å². The number of hydrogen-bond acceptors (Lipinski definition) is 4. The molecule has 0 N–H and O–H groups in total. The van der Waals surface area contributed by atoms with Crippen molar-refractivity contribution in [2.24, 2.45) is 0 Å². The van der Waals surface area contributed by atoms with Gasteiger partial charge in [-0.1, -0.05) is 35.4 Å². The first-order valence-electron chi connectivity index (χ1n) is 14.4. The van der Waals surface area contributed by atoms with Gasteiger partial charge >= 0.3 is 58.4 Å². The van der Waals surface area contributed by atoms with E-state index < -0.39 is 0 Å². The van der Waals surface area contributed by atoms with Crippen LogP contribution in [0.15, 0.2) is 125 Å². The van der Waals surface area contributed by atoms with E-state index in [1.807, 2.05) is 47.1 Å². The van der Waals surface area contributed by atoms with Crippen LogP contribution in [0.5, 0.6) is 0 Å². The molecule has 0 radical (unpaired) electrons. The van der Waals surface area contributed by atoms with Crippen molar-refractivity contribution in [1.29, 1.82) is 0 Å². The zero-order chi connectivity index (χ0) is 32.8. The second kappa shape index (κ2) is 22.1. The summed E-state index contributed by atoms with van der Waals surface area (Å²) in [7, 11) is 0. The molecular formula is C38H39Br2Cl2N4Ru-2. The van der Waals surface area contributed by atoms with Crippen molar-refractivity contribution < 1.29 is 42.7 Å². The van der Waals surface area contributed by atoms with Crippen LogP contribution in [0.4, 0.5) is 11.4 Å². The van der Waals surface area contributed by atoms with E-state index >= 15 is 0 Å². The molecule has 0 bridgehead atoms. The number of nitrogens with zero attached hydrogens (tertiary/aromatic N) is 4. The summed E-state index contributed by atoms with van der Waals surface area (Å²) in [5.41, 5.74) is 11.7. The molecule has 0 fully saturated rings. The van der Waals surface area contributed by atoms with Gasteiger partial charge < -0.3 is 34.6 Å². The van der Waals surface area contributed by atoms with Gasteiger partial charge in [-0.2, -0.15) is 0 Å². The minimum absolute atomic E-state index is 0. The third kappa shape index (κ3) is 14.1. The van der Waals surface area contributed by atoms with Gasteiger partial charge in [-0.05, 0) is 132 Å². The molecule has 0 spiro atoms. The van der Waals surface area contributed by atoms with Crippen LogP contribution in [0.2, 0.25) is 0 Å². The van der Waals surface area contributed by atoms with Crippen molar-refractivity contribution in [3.8, 4) is 0 Å². The Morgan fingerprint density at radius 2 is 0.979 bits per heavy atom. The van der Waals surface area contributed by atoms with Crippen molar-refractivity contribution in [3.63, 3.8) is 0 Å². The van der Waals surface area contributed by atoms with Gasteiger partial charge in [0.05, 0.1) is 0 Å². The Bertz CT molecular complexity index is 1540. The summed E-state index contributed by atoms with van der Waals surface area (Å²) in [5, 5.41) is 0. The van der Waals surface area contributed by atoms with Crippen molar-refractivity contribution in [3.05, 3.63) is 171 Å². The molecule has 1 aliphatic heterocycles. The van der Waals surface area contributed by atoms with Crippen molar-refractivity contribution in [1.82, 2.24) is 9.97 Å². The fourth-order valence-electron chi connectivity index (χ4n) is 4.98. The summed E-state index contributed by atoms with van der Waals surface area (Å²) in [6, 6.07) is 26.8. The summed E-state index contributed by atoms with van der Waals surface area (Å²) in [5.74, 6) is 0. The summed E-state index contributed by atoms with van der Waals surface area (Å²) in [6.07, 6.45) is 11.3. The SMILES string of the molecule is Brc1cccnc1.Brc1cccnc1.Cc1cc(C)c(N2C=CN(c3c(C)cc(C)cc3C)[CH-]2)c(C)c1.[Cl-].[Cl-].[Ru+]=[CH]c1ccccc1. The van der Waals surface area contributed by atoms with Crippen LogP contribution < -0.4 is 34.6 Å². The maximum atomic E-state index is 3.84. The number of aryl methyl sites for hydroxylation is 6. The molecule has 0 saturated carbocycles. The second-order valence-corrected chi connectivity index (χ2v) is 12.9. The fraction of sp³-hybridized carbons (Fsp3) is 0.158. The molecule has 1 aliphatic rings. The number of benzene rings is 3. The van der Waals surface area contributed by atoms with Crippen LogP contribution in [-0.4, -0.2) is 14.6 Å². The standard InChI is InChI=1S/C21H25N2.C7H6.2C5H4BrN.2ClH.Ru/c1-14-9-16(3)20(17(4)10-14)22-7-8-23(13-22)21-18(5)11-15(2)12-19(21)6;1-7-5-3-2-4-6-7;2*6-5-2-1-3-7-4-5;;;/h7-13H,1-6H3;1-6H;2*1-4H;2*1H;/q-1;;;;;;+1/p-2. The number of aromatic nitrogens is 2. The Kier molecular flexibility index (Phi) is 19.9. The Balaban J connectivity index is 0.000000375. The van der Waals surface area contributed by atoms with Gasteiger partial charge in [0.25, 0.3) is 0 Å². The molecule has 0 unspecified atom stereocenters. The number of anilines is 2. The van der Waals surface area contributed by atoms with Crippen LogP contribution in [-0.2, 0) is 17.9 Å². The first-order chi connectivity index (χ1) is 21.6. The molecule has 3 aromatic carbocycles. The summed E-state index contributed by atoms with van der Waals surface area (Å²) in [6.45, 7) is 15.2. The monoisotopic (exact) mass is 881 g/mol. The van der Waals surface area contributed by atoms with E-state index in [9.17, 15) is 0 Å². The number of halogens is 4. The van der Waals surface area contributed by atoms with Crippen LogP contribution >= 0.6 is 31.9 Å². The first kappa shape index (κ1) is 42.4. The molecule has 0 amide bonds.